The van der Waals surface area contributed by atoms with Crippen molar-refractivity contribution in [3.63, 3.8) is 0 Å². The molecule has 0 saturated carbocycles. The highest BCUT2D eigenvalue weighted by Gasteiger charge is 2.35. The first-order chi connectivity index (χ1) is 10.6. The summed E-state index contributed by atoms with van der Waals surface area (Å²) >= 11 is 0.857. The molecular weight excluding hydrogens is 303 g/mol. The SMILES string of the molecule is O=C1S/C(=C\c2ccncc2)C(=O)N1Cc1ccccc1F. The molecule has 0 spiro atoms. The largest absolute Gasteiger partial charge is 0.293 e. The summed E-state index contributed by atoms with van der Waals surface area (Å²) in [5.74, 6) is -0.838. The van der Waals surface area contributed by atoms with Crippen LogP contribution in [-0.4, -0.2) is 21.0 Å². The standard InChI is InChI=1S/C16H11FN2O2S/c17-13-4-2-1-3-12(13)10-19-15(20)14(22-16(19)21)9-11-5-7-18-8-6-11/h1-9H,10H2/b14-9-. The first-order valence-electron chi connectivity index (χ1n) is 6.54. The van der Waals surface area contributed by atoms with Crippen LogP contribution in [-0.2, 0) is 11.3 Å². The van der Waals surface area contributed by atoms with E-state index in [0.29, 0.717) is 10.5 Å². The summed E-state index contributed by atoms with van der Waals surface area (Å²) in [6, 6.07) is 9.59. The van der Waals surface area contributed by atoms with Crippen LogP contribution in [0.2, 0.25) is 0 Å². The number of thioether (sulfide) groups is 1. The Balaban J connectivity index is 1.83. The zero-order chi connectivity index (χ0) is 15.5. The van der Waals surface area contributed by atoms with Gasteiger partial charge in [0.1, 0.15) is 5.82 Å². The predicted molar refractivity (Wildman–Crippen MR) is 82.2 cm³/mol. The minimum Gasteiger partial charge on any atom is -0.268 e. The molecule has 1 aliphatic rings. The van der Waals surface area contributed by atoms with Crippen molar-refractivity contribution in [2.45, 2.75) is 6.54 Å². The molecule has 4 nitrogen and oxygen atoms in total. The van der Waals surface area contributed by atoms with Crippen molar-refractivity contribution in [1.29, 1.82) is 0 Å². The maximum absolute atomic E-state index is 13.7. The van der Waals surface area contributed by atoms with Crippen LogP contribution < -0.4 is 0 Å². The van der Waals surface area contributed by atoms with Crippen LogP contribution in [0.25, 0.3) is 6.08 Å². The van der Waals surface area contributed by atoms with Gasteiger partial charge in [0.05, 0.1) is 11.4 Å². The Labute approximate surface area is 130 Å². The molecule has 3 rings (SSSR count). The molecule has 0 N–H and O–H groups in total. The fourth-order valence-corrected chi connectivity index (χ4v) is 2.88. The monoisotopic (exact) mass is 314 g/mol. The van der Waals surface area contributed by atoms with Crippen molar-refractivity contribution in [3.05, 3.63) is 70.6 Å². The Hall–Kier alpha value is -2.47. The molecule has 2 heterocycles. The summed E-state index contributed by atoms with van der Waals surface area (Å²) in [6.07, 6.45) is 4.85. The predicted octanol–water partition coefficient (Wildman–Crippen LogP) is 3.46. The molecule has 1 aromatic carbocycles. The lowest BCUT2D eigenvalue weighted by molar-refractivity contribution is -0.123. The van der Waals surface area contributed by atoms with Crippen molar-refractivity contribution >= 4 is 29.0 Å². The van der Waals surface area contributed by atoms with Gasteiger partial charge in [-0.2, -0.15) is 0 Å². The quantitative estimate of drug-likeness (QED) is 0.814. The van der Waals surface area contributed by atoms with E-state index < -0.39 is 17.0 Å². The lowest BCUT2D eigenvalue weighted by atomic mass is 10.2. The second-order valence-corrected chi connectivity index (χ2v) is 5.63. The zero-order valence-electron chi connectivity index (χ0n) is 11.4. The van der Waals surface area contributed by atoms with Gasteiger partial charge in [0.25, 0.3) is 11.1 Å². The number of amides is 2. The molecule has 0 bridgehead atoms. The fraction of sp³-hybridized carbons (Fsp3) is 0.0625. The molecule has 1 aromatic heterocycles. The van der Waals surface area contributed by atoms with E-state index in [2.05, 4.69) is 4.98 Å². The van der Waals surface area contributed by atoms with Crippen LogP contribution in [0.1, 0.15) is 11.1 Å². The molecule has 0 aliphatic carbocycles. The molecule has 0 atom stereocenters. The van der Waals surface area contributed by atoms with E-state index in [1.54, 1.807) is 48.8 Å². The Morgan fingerprint density at radius 2 is 1.86 bits per heavy atom. The number of carbonyl (C=O) groups is 2. The van der Waals surface area contributed by atoms with Gasteiger partial charge < -0.3 is 0 Å². The summed E-state index contributed by atoms with van der Waals surface area (Å²) in [6.45, 7) is -0.0645. The Kier molecular flexibility index (Phi) is 4.02. The highest BCUT2D eigenvalue weighted by molar-refractivity contribution is 8.18. The minimum absolute atomic E-state index is 0.0645. The Morgan fingerprint density at radius 3 is 2.59 bits per heavy atom. The van der Waals surface area contributed by atoms with Crippen molar-refractivity contribution < 1.29 is 14.0 Å². The van der Waals surface area contributed by atoms with Crippen LogP contribution in [0.5, 0.6) is 0 Å². The molecule has 2 amide bonds. The van der Waals surface area contributed by atoms with Gasteiger partial charge in [0, 0.05) is 18.0 Å². The van der Waals surface area contributed by atoms with Gasteiger partial charge in [-0.05, 0) is 41.6 Å². The van der Waals surface area contributed by atoms with Gasteiger partial charge in [-0.1, -0.05) is 18.2 Å². The van der Waals surface area contributed by atoms with Crippen molar-refractivity contribution in [3.8, 4) is 0 Å². The van der Waals surface area contributed by atoms with Gasteiger partial charge in [-0.25, -0.2) is 4.39 Å². The van der Waals surface area contributed by atoms with E-state index in [1.807, 2.05) is 0 Å². The molecular formula is C16H11FN2O2S. The second kappa shape index (κ2) is 6.11. The van der Waals surface area contributed by atoms with Crippen LogP contribution in [0.15, 0.2) is 53.7 Å². The number of benzene rings is 1. The van der Waals surface area contributed by atoms with Gasteiger partial charge in [-0.15, -0.1) is 0 Å². The third-order valence-electron chi connectivity index (χ3n) is 3.16. The highest BCUT2D eigenvalue weighted by atomic mass is 32.2. The summed E-state index contributed by atoms with van der Waals surface area (Å²) < 4.78 is 13.7. The zero-order valence-corrected chi connectivity index (χ0v) is 12.2. The van der Waals surface area contributed by atoms with E-state index >= 15 is 0 Å². The number of halogens is 1. The first kappa shape index (κ1) is 14.5. The second-order valence-electron chi connectivity index (χ2n) is 4.64. The Morgan fingerprint density at radius 1 is 1.14 bits per heavy atom. The maximum Gasteiger partial charge on any atom is 0.293 e. The minimum atomic E-state index is -0.431. The van der Waals surface area contributed by atoms with Gasteiger partial charge in [0.15, 0.2) is 0 Å². The molecule has 0 radical (unpaired) electrons. The number of imide groups is 1. The summed E-state index contributed by atoms with van der Waals surface area (Å²) in [7, 11) is 0. The topological polar surface area (TPSA) is 50.3 Å². The summed E-state index contributed by atoms with van der Waals surface area (Å²) in [5.41, 5.74) is 1.10. The van der Waals surface area contributed by atoms with Crippen LogP contribution in [0.3, 0.4) is 0 Å². The van der Waals surface area contributed by atoms with Crippen LogP contribution in [0, 0.1) is 5.82 Å². The molecule has 1 fully saturated rings. The van der Waals surface area contributed by atoms with Crippen LogP contribution >= 0.6 is 11.8 Å². The maximum atomic E-state index is 13.7. The number of nitrogens with zero attached hydrogens (tertiary/aromatic N) is 2. The van der Waals surface area contributed by atoms with Crippen LogP contribution in [0.4, 0.5) is 9.18 Å². The molecule has 22 heavy (non-hydrogen) atoms. The van der Waals surface area contributed by atoms with E-state index in [-0.39, 0.29) is 6.54 Å². The summed E-state index contributed by atoms with van der Waals surface area (Å²) in [5, 5.41) is -0.395. The highest BCUT2D eigenvalue weighted by Crippen LogP contribution is 2.33. The Bertz CT molecular complexity index is 762. The van der Waals surface area contributed by atoms with Gasteiger partial charge in [0.2, 0.25) is 0 Å². The lowest BCUT2D eigenvalue weighted by Gasteiger charge is -2.12. The molecule has 0 unspecified atom stereocenters. The summed E-state index contributed by atoms with van der Waals surface area (Å²) in [4.78, 5) is 29.6. The van der Waals surface area contributed by atoms with E-state index in [0.717, 1.165) is 22.2 Å². The normalized spacial score (nSPS) is 16.6. The van der Waals surface area contributed by atoms with Crippen molar-refractivity contribution in [2.75, 3.05) is 0 Å². The smallest absolute Gasteiger partial charge is 0.268 e. The molecule has 110 valence electrons. The van der Waals surface area contributed by atoms with Gasteiger partial charge >= 0.3 is 0 Å². The number of pyridine rings is 1. The molecule has 1 aliphatic heterocycles. The van der Waals surface area contributed by atoms with E-state index in [4.69, 9.17) is 0 Å². The number of hydrogen-bond donors (Lipinski definition) is 0. The number of aromatic nitrogens is 1. The molecule has 1 saturated heterocycles. The average molecular weight is 314 g/mol. The van der Waals surface area contributed by atoms with E-state index in [1.165, 1.54) is 6.07 Å². The third kappa shape index (κ3) is 2.92. The van der Waals surface area contributed by atoms with Crippen molar-refractivity contribution in [2.24, 2.45) is 0 Å². The van der Waals surface area contributed by atoms with Gasteiger partial charge in [-0.3, -0.25) is 19.5 Å². The molecule has 6 heteroatoms. The third-order valence-corrected chi connectivity index (χ3v) is 4.07. The number of hydrogen-bond acceptors (Lipinski definition) is 4. The number of rotatable bonds is 3. The van der Waals surface area contributed by atoms with E-state index in [9.17, 15) is 14.0 Å². The molecule has 2 aromatic rings. The first-order valence-corrected chi connectivity index (χ1v) is 7.35. The van der Waals surface area contributed by atoms with Crippen molar-refractivity contribution in [1.82, 2.24) is 9.88 Å². The fourth-order valence-electron chi connectivity index (χ4n) is 2.04. The number of carbonyl (C=O) groups excluding carboxylic acids is 2. The lowest BCUT2D eigenvalue weighted by Crippen LogP contribution is -2.27. The average Bonchev–Trinajstić information content (AvgIpc) is 2.78.